The van der Waals surface area contributed by atoms with Gasteiger partial charge in [0, 0.05) is 12.7 Å². The summed E-state index contributed by atoms with van der Waals surface area (Å²) < 4.78 is 1.92. The molecule has 1 saturated heterocycles. The predicted molar refractivity (Wildman–Crippen MR) is 95.1 cm³/mol. The maximum absolute atomic E-state index is 12.4. The van der Waals surface area contributed by atoms with Crippen LogP contribution in [0.1, 0.15) is 60.4 Å². The smallest absolute Gasteiger partial charge is 0.272 e. The van der Waals surface area contributed by atoms with Crippen molar-refractivity contribution in [2.45, 2.75) is 45.2 Å². The van der Waals surface area contributed by atoms with Gasteiger partial charge in [0.1, 0.15) is 5.69 Å². The highest BCUT2D eigenvalue weighted by Crippen LogP contribution is 2.17. The molecule has 1 aromatic carbocycles. The van der Waals surface area contributed by atoms with E-state index in [0.717, 1.165) is 37.9 Å². The Bertz CT molecular complexity index is 671. The SMILES string of the molecule is CCc1ccc(C(C)NC(=O)c2ccn(C3CCCNC3)n2)cc1. The van der Waals surface area contributed by atoms with Crippen LogP contribution in [0.3, 0.4) is 0 Å². The first-order valence-corrected chi connectivity index (χ1v) is 8.83. The van der Waals surface area contributed by atoms with Crippen molar-refractivity contribution >= 4 is 5.91 Å². The van der Waals surface area contributed by atoms with Crippen LogP contribution in [0.15, 0.2) is 36.5 Å². The number of carbonyl (C=O) groups is 1. The third-order valence-electron chi connectivity index (χ3n) is 4.72. The summed E-state index contributed by atoms with van der Waals surface area (Å²) in [6.45, 7) is 6.13. The molecule has 0 aliphatic carbocycles. The molecule has 2 aromatic rings. The first kappa shape index (κ1) is 16.7. The summed E-state index contributed by atoms with van der Waals surface area (Å²) in [6, 6.07) is 10.5. The average Bonchev–Trinajstić information content (AvgIpc) is 3.13. The zero-order valence-corrected chi connectivity index (χ0v) is 14.5. The topological polar surface area (TPSA) is 59.0 Å². The highest BCUT2D eigenvalue weighted by atomic mass is 16.2. The molecule has 24 heavy (non-hydrogen) atoms. The van der Waals surface area contributed by atoms with Gasteiger partial charge in [-0.25, -0.2) is 0 Å². The van der Waals surface area contributed by atoms with Crippen molar-refractivity contribution in [1.82, 2.24) is 20.4 Å². The Labute approximate surface area is 143 Å². The van der Waals surface area contributed by atoms with Crippen molar-refractivity contribution in [3.8, 4) is 0 Å². The highest BCUT2D eigenvalue weighted by molar-refractivity contribution is 5.92. The number of nitrogens with one attached hydrogen (secondary N) is 2. The summed E-state index contributed by atoms with van der Waals surface area (Å²) in [6.07, 6.45) is 5.19. The largest absolute Gasteiger partial charge is 0.344 e. The molecule has 128 valence electrons. The lowest BCUT2D eigenvalue weighted by atomic mass is 10.0. The van der Waals surface area contributed by atoms with Crippen LogP contribution in [-0.4, -0.2) is 28.8 Å². The molecule has 3 rings (SSSR count). The normalized spacial score (nSPS) is 19.0. The zero-order valence-electron chi connectivity index (χ0n) is 14.5. The van der Waals surface area contributed by atoms with E-state index in [0.29, 0.717) is 11.7 Å². The van der Waals surface area contributed by atoms with E-state index in [1.807, 2.05) is 17.8 Å². The van der Waals surface area contributed by atoms with E-state index in [1.165, 1.54) is 5.56 Å². The van der Waals surface area contributed by atoms with Gasteiger partial charge in [-0.15, -0.1) is 0 Å². The van der Waals surface area contributed by atoms with E-state index in [1.54, 1.807) is 6.07 Å². The number of aryl methyl sites for hydroxylation is 1. The van der Waals surface area contributed by atoms with Crippen molar-refractivity contribution < 1.29 is 4.79 Å². The van der Waals surface area contributed by atoms with Crippen LogP contribution in [0.4, 0.5) is 0 Å². The molecule has 2 N–H and O–H groups in total. The molecule has 1 aromatic heterocycles. The Morgan fingerprint density at radius 3 is 2.83 bits per heavy atom. The Balaban J connectivity index is 1.62. The second-order valence-corrected chi connectivity index (χ2v) is 6.47. The van der Waals surface area contributed by atoms with Gasteiger partial charge in [0.15, 0.2) is 0 Å². The van der Waals surface area contributed by atoms with Crippen molar-refractivity contribution in [3.05, 3.63) is 53.3 Å². The molecule has 1 amide bonds. The molecular weight excluding hydrogens is 300 g/mol. The molecule has 0 radical (unpaired) electrons. The summed E-state index contributed by atoms with van der Waals surface area (Å²) in [5.74, 6) is -0.121. The van der Waals surface area contributed by atoms with Gasteiger partial charge in [0.05, 0.1) is 12.1 Å². The molecule has 0 spiro atoms. The van der Waals surface area contributed by atoms with E-state index in [2.05, 4.69) is 46.9 Å². The van der Waals surface area contributed by atoms with E-state index in [4.69, 9.17) is 0 Å². The van der Waals surface area contributed by atoms with Crippen LogP contribution < -0.4 is 10.6 Å². The second kappa shape index (κ2) is 7.62. The maximum atomic E-state index is 12.4. The number of hydrogen-bond acceptors (Lipinski definition) is 3. The molecule has 0 bridgehead atoms. The molecule has 1 aliphatic heterocycles. The fraction of sp³-hybridized carbons (Fsp3) is 0.474. The van der Waals surface area contributed by atoms with Crippen LogP contribution >= 0.6 is 0 Å². The van der Waals surface area contributed by atoms with Gasteiger partial charge in [-0.1, -0.05) is 31.2 Å². The fourth-order valence-electron chi connectivity index (χ4n) is 3.12. The third kappa shape index (κ3) is 3.85. The fourth-order valence-corrected chi connectivity index (χ4v) is 3.12. The number of amides is 1. The lowest BCUT2D eigenvalue weighted by Gasteiger charge is -2.22. The average molecular weight is 326 g/mol. The minimum absolute atomic E-state index is 0.0371. The monoisotopic (exact) mass is 326 g/mol. The molecule has 1 fully saturated rings. The summed E-state index contributed by atoms with van der Waals surface area (Å²) in [4.78, 5) is 12.4. The molecule has 5 nitrogen and oxygen atoms in total. The minimum atomic E-state index is -0.121. The Morgan fingerprint density at radius 2 is 2.17 bits per heavy atom. The number of nitrogens with zero attached hydrogens (tertiary/aromatic N) is 2. The van der Waals surface area contributed by atoms with E-state index in [9.17, 15) is 4.79 Å². The van der Waals surface area contributed by atoms with Gasteiger partial charge in [0.25, 0.3) is 5.91 Å². The van der Waals surface area contributed by atoms with Crippen LogP contribution in [-0.2, 0) is 6.42 Å². The van der Waals surface area contributed by atoms with Gasteiger partial charge >= 0.3 is 0 Å². The zero-order chi connectivity index (χ0) is 16.9. The Kier molecular flexibility index (Phi) is 5.30. The number of piperidine rings is 1. The van der Waals surface area contributed by atoms with Gasteiger partial charge in [-0.3, -0.25) is 9.48 Å². The van der Waals surface area contributed by atoms with Crippen LogP contribution in [0, 0.1) is 0 Å². The molecule has 2 unspecified atom stereocenters. The number of benzene rings is 1. The molecule has 2 heterocycles. The maximum Gasteiger partial charge on any atom is 0.272 e. The molecule has 5 heteroatoms. The predicted octanol–water partition coefficient (Wildman–Crippen LogP) is 2.86. The van der Waals surface area contributed by atoms with E-state index in [-0.39, 0.29) is 11.9 Å². The Hall–Kier alpha value is -2.14. The third-order valence-corrected chi connectivity index (χ3v) is 4.72. The standard InChI is InChI=1S/C19H26N4O/c1-3-15-6-8-16(9-7-15)14(2)21-19(24)18-10-12-23(22-18)17-5-4-11-20-13-17/h6-10,12,14,17,20H,3-5,11,13H2,1-2H3,(H,21,24). The lowest BCUT2D eigenvalue weighted by Crippen LogP contribution is -2.32. The molecule has 2 atom stereocenters. The van der Waals surface area contributed by atoms with Crippen molar-refractivity contribution in [1.29, 1.82) is 0 Å². The van der Waals surface area contributed by atoms with Crippen LogP contribution in [0.5, 0.6) is 0 Å². The summed E-state index contributed by atoms with van der Waals surface area (Å²) >= 11 is 0. The quantitative estimate of drug-likeness (QED) is 0.888. The molecular formula is C19H26N4O. The first-order chi connectivity index (χ1) is 11.7. The number of aromatic nitrogens is 2. The number of carbonyl (C=O) groups excluding carboxylic acids is 1. The Morgan fingerprint density at radius 1 is 1.38 bits per heavy atom. The molecule has 0 saturated carbocycles. The van der Waals surface area contributed by atoms with Gasteiger partial charge in [0.2, 0.25) is 0 Å². The van der Waals surface area contributed by atoms with Gasteiger partial charge in [-0.05, 0) is 49.9 Å². The summed E-state index contributed by atoms with van der Waals surface area (Å²) in [7, 11) is 0. The molecule has 1 aliphatic rings. The number of hydrogen-bond donors (Lipinski definition) is 2. The minimum Gasteiger partial charge on any atom is -0.344 e. The van der Waals surface area contributed by atoms with Gasteiger partial charge < -0.3 is 10.6 Å². The van der Waals surface area contributed by atoms with Crippen molar-refractivity contribution in [3.63, 3.8) is 0 Å². The van der Waals surface area contributed by atoms with Gasteiger partial charge in [-0.2, -0.15) is 5.10 Å². The first-order valence-electron chi connectivity index (χ1n) is 8.83. The van der Waals surface area contributed by atoms with Crippen LogP contribution in [0.2, 0.25) is 0 Å². The van der Waals surface area contributed by atoms with E-state index >= 15 is 0 Å². The second-order valence-electron chi connectivity index (χ2n) is 6.47. The lowest BCUT2D eigenvalue weighted by molar-refractivity contribution is 0.0933. The summed E-state index contributed by atoms with van der Waals surface area (Å²) in [5.41, 5.74) is 2.89. The van der Waals surface area contributed by atoms with Crippen LogP contribution in [0.25, 0.3) is 0 Å². The van der Waals surface area contributed by atoms with Crippen molar-refractivity contribution in [2.24, 2.45) is 0 Å². The van der Waals surface area contributed by atoms with Crippen molar-refractivity contribution in [2.75, 3.05) is 13.1 Å². The number of rotatable bonds is 5. The summed E-state index contributed by atoms with van der Waals surface area (Å²) in [5, 5.41) is 10.9. The van der Waals surface area contributed by atoms with E-state index < -0.39 is 0 Å². The highest BCUT2D eigenvalue weighted by Gasteiger charge is 2.18.